The van der Waals surface area contributed by atoms with Gasteiger partial charge in [-0.05, 0) is 48.4 Å². The highest BCUT2D eigenvalue weighted by molar-refractivity contribution is 6.01. The molecule has 2 heterocycles. The molecule has 2 unspecified atom stereocenters. The molecule has 0 amide bonds. The van der Waals surface area contributed by atoms with Gasteiger partial charge in [0.1, 0.15) is 5.76 Å². The van der Waals surface area contributed by atoms with Crippen LogP contribution in [0.15, 0.2) is 76.5 Å². The maximum absolute atomic E-state index is 13.5. The molecule has 0 radical (unpaired) electrons. The fraction of sp³-hybridized carbons (Fsp3) is 0.240. The van der Waals surface area contributed by atoms with E-state index in [0.29, 0.717) is 24.3 Å². The maximum atomic E-state index is 13.5. The molecule has 2 atom stereocenters. The Morgan fingerprint density at radius 1 is 0.935 bits per heavy atom. The van der Waals surface area contributed by atoms with Crippen molar-refractivity contribution in [2.24, 2.45) is 0 Å². The molecule has 0 bridgehead atoms. The van der Waals surface area contributed by atoms with Crippen molar-refractivity contribution in [2.75, 3.05) is 24.9 Å². The fourth-order valence-corrected chi connectivity index (χ4v) is 4.50. The van der Waals surface area contributed by atoms with Crippen LogP contribution < -0.4 is 20.1 Å². The lowest BCUT2D eigenvalue weighted by Crippen LogP contribution is -2.26. The number of ether oxygens (including phenoxy) is 2. The number of fused-ring (bicyclic) bond motifs is 1. The van der Waals surface area contributed by atoms with Crippen molar-refractivity contribution in [3.63, 3.8) is 0 Å². The summed E-state index contributed by atoms with van der Waals surface area (Å²) in [6.07, 6.45) is 2.78. The summed E-state index contributed by atoms with van der Waals surface area (Å²) in [5.74, 6) is 2.25. The van der Waals surface area contributed by atoms with Crippen LogP contribution in [0, 0.1) is 0 Å². The van der Waals surface area contributed by atoms with E-state index in [1.807, 2.05) is 54.6 Å². The molecule has 0 fully saturated rings. The van der Waals surface area contributed by atoms with Crippen LogP contribution in [0.25, 0.3) is 0 Å². The van der Waals surface area contributed by atoms with Gasteiger partial charge < -0.3 is 24.5 Å². The van der Waals surface area contributed by atoms with Crippen LogP contribution in [0.3, 0.4) is 0 Å². The number of anilines is 2. The summed E-state index contributed by atoms with van der Waals surface area (Å²) in [7, 11) is 3.23. The Morgan fingerprint density at radius 2 is 1.74 bits per heavy atom. The second kappa shape index (κ2) is 7.87. The molecule has 6 heteroatoms. The van der Waals surface area contributed by atoms with Crippen LogP contribution >= 0.6 is 0 Å². The number of hydrogen-bond donors (Lipinski definition) is 2. The van der Waals surface area contributed by atoms with Gasteiger partial charge >= 0.3 is 0 Å². The molecule has 0 spiro atoms. The number of furan rings is 1. The summed E-state index contributed by atoms with van der Waals surface area (Å²) in [6, 6.07) is 17.3. The van der Waals surface area contributed by atoms with Gasteiger partial charge in [-0.25, -0.2) is 0 Å². The molecule has 2 aromatic carbocycles. The first-order valence-electron chi connectivity index (χ1n) is 10.3. The smallest absolute Gasteiger partial charge is 0.163 e. The molecule has 3 aromatic rings. The lowest BCUT2D eigenvalue weighted by molar-refractivity contribution is -0.116. The number of nitrogens with one attached hydrogen (secondary N) is 2. The first-order valence-corrected chi connectivity index (χ1v) is 10.3. The number of ketones is 1. The number of allylic oxidation sites excluding steroid dienone is 1. The molecule has 31 heavy (non-hydrogen) atoms. The molecule has 2 N–H and O–H groups in total. The fourth-order valence-electron chi connectivity index (χ4n) is 4.50. The molecule has 0 saturated heterocycles. The largest absolute Gasteiger partial charge is 0.493 e. The van der Waals surface area contributed by atoms with Crippen LogP contribution in [0.4, 0.5) is 11.4 Å². The maximum Gasteiger partial charge on any atom is 0.163 e. The van der Waals surface area contributed by atoms with Crippen LogP contribution in [0.2, 0.25) is 0 Å². The van der Waals surface area contributed by atoms with Gasteiger partial charge in [0.15, 0.2) is 17.3 Å². The molecule has 158 valence electrons. The highest BCUT2D eigenvalue weighted by Crippen LogP contribution is 2.45. The number of carbonyl (C=O) groups excluding carboxylic acids is 1. The van der Waals surface area contributed by atoms with Crippen molar-refractivity contribution in [3.8, 4) is 11.5 Å². The summed E-state index contributed by atoms with van der Waals surface area (Å²) < 4.78 is 16.5. The first-order chi connectivity index (χ1) is 15.2. The number of benzene rings is 2. The molecule has 0 saturated carbocycles. The normalized spacial score (nSPS) is 20.1. The molecule has 1 aromatic heterocycles. The minimum absolute atomic E-state index is 0.0186. The summed E-state index contributed by atoms with van der Waals surface area (Å²) >= 11 is 0. The Labute approximate surface area is 180 Å². The monoisotopic (exact) mass is 416 g/mol. The zero-order valence-corrected chi connectivity index (χ0v) is 17.5. The quantitative estimate of drug-likeness (QED) is 0.603. The van der Waals surface area contributed by atoms with Crippen molar-refractivity contribution in [3.05, 3.63) is 83.5 Å². The van der Waals surface area contributed by atoms with E-state index in [2.05, 4.69) is 10.6 Å². The number of rotatable bonds is 4. The minimum atomic E-state index is -0.309. The molecule has 1 aliphatic heterocycles. The summed E-state index contributed by atoms with van der Waals surface area (Å²) in [6.45, 7) is 0. The van der Waals surface area contributed by atoms with Crippen LogP contribution in [-0.2, 0) is 4.79 Å². The number of carbonyl (C=O) groups is 1. The molecular weight excluding hydrogens is 392 g/mol. The second-order valence-corrected chi connectivity index (χ2v) is 7.80. The van der Waals surface area contributed by atoms with Crippen LogP contribution in [0.1, 0.15) is 36.1 Å². The van der Waals surface area contributed by atoms with Gasteiger partial charge in [-0.3, -0.25) is 4.79 Å². The molecule has 5 rings (SSSR count). The Balaban J connectivity index is 1.63. The summed E-state index contributed by atoms with van der Waals surface area (Å²) in [5, 5.41) is 7.12. The van der Waals surface area contributed by atoms with Gasteiger partial charge in [-0.15, -0.1) is 0 Å². The van der Waals surface area contributed by atoms with E-state index in [4.69, 9.17) is 13.9 Å². The predicted molar refractivity (Wildman–Crippen MR) is 119 cm³/mol. The molecule has 2 aliphatic rings. The number of Topliss-reactive ketones (excluding diaryl/α,β-unsaturated/α-hetero) is 1. The van der Waals surface area contributed by atoms with Crippen molar-refractivity contribution in [1.82, 2.24) is 0 Å². The third-order valence-electron chi connectivity index (χ3n) is 6.00. The van der Waals surface area contributed by atoms with E-state index in [1.54, 1.807) is 20.5 Å². The van der Waals surface area contributed by atoms with Gasteiger partial charge in [-0.1, -0.05) is 18.2 Å². The lowest BCUT2D eigenvalue weighted by atomic mass is 9.80. The van der Waals surface area contributed by atoms with Gasteiger partial charge in [0, 0.05) is 23.6 Å². The SMILES string of the molecule is COc1ccc(C2Nc3ccccc3NC3=C2C(=O)CC(c2ccco2)C3)cc1OC. The van der Waals surface area contributed by atoms with E-state index >= 15 is 0 Å². The number of hydrogen-bond acceptors (Lipinski definition) is 6. The third-order valence-corrected chi connectivity index (χ3v) is 6.00. The van der Waals surface area contributed by atoms with Crippen LogP contribution in [-0.4, -0.2) is 20.0 Å². The van der Waals surface area contributed by atoms with Crippen molar-refractivity contribution < 1.29 is 18.7 Å². The van der Waals surface area contributed by atoms with E-state index in [-0.39, 0.29) is 17.7 Å². The highest BCUT2D eigenvalue weighted by atomic mass is 16.5. The van der Waals surface area contributed by atoms with Gasteiger partial charge in [0.25, 0.3) is 0 Å². The van der Waals surface area contributed by atoms with Crippen molar-refractivity contribution in [2.45, 2.75) is 24.8 Å². The zero-order valence-electron chi connectivity index (χ0n) is 17.5. The number of methoxy groups -OCH3 is 2. The van der Waals surface area contributed by atoms with Gasteiger partial charge in [0.2, 0.25) is 0 Å². The van der Waals surface area contributed by atoms with E-state index in [1.165, 1.54) is 0 Å². The topological polar surface area (TPSA) is 72.7 Å². The average molecular weight is 416 g/mol. The molecule has 6 nitrogen and oxygen atoms in total. The zero-order chi connectivity index (χ0) is 21.4. The Hall–Kier alpha value is -3.67. The Bertz CT molecular complexity index is 1150. The predicted octanol–water partition coefficient (Wildman–Crippen LogP) is 5.28. The minimum Gasteiger partial charge on any atom is -0.493 e. The van der Waals surface area contributed by atoms with E-state index in [9.17, 15) is 4.79 Å². The molecule has 1 aliphatic carbocycles. The average Bonchev–Trinajstić information content (AvgIpc) is 3.27. The second-order valence-electron chi connectivity index (χ2n) is 7.80. The highest BCUT2D eigenvalue weighted by Gasteiger charge is 2.37. The van der Waals surface area contributed by atoms with Gasteiger partial charge in [0.05, 0.1) is 37.9 Å². The van der Waals surface area contributed by atoms with Crippen molar-refractivity contribution >= 4 is 17.2 Å². The standard InChI is InChI=1S/C25H24N2O4/c1-29-22-10-9-15(14-23(22)30-2)25-24-19(26-17-6-3-4-7-18(17)27-25)12-16(13-20(24)28)21-8-5-11-31-21/h3-11,14,16,25-27H,12-13H2,1-2H3. The summed E-state index contributed by atoms with van der Waals surface area (Å²) in [5.41, 5.74) is 4.51. The van der Waals surface area contributed by atoms with E-state index < -0.39 is 0 Å². The summed E-state index contributed by atoms with van der Waals surface area (Å²) in [4.78, 5) is 13.5. The molecular formula is C25H24N2O4. The van der Waals surface area contributed by atoms with Crippen molar-refractivity contribution in [1.29, 1.82) is 0 Å². The Morgan fingerprint density at radius 3 is 2.48 bits per heavy atom. The first kappa shape index (κ1) is 19.3. The lowest BCUT2D eigenvalue weighted by Gasteiger charge is -2.29. The third kappa shape index (κ3) is 3.44. The van der Waals surface area contributed by atoms with Crippen LogP contribution in [0.5, 0.6) is 11.5 Å². The number of para-hydroxylation sites is 2. The Kier molecular flexibility index (Phi) is 4.90. The van der Waals surface area contributed by atoms with Gasteiger partial charge in [-0.2, -0.15) is 0 Å². The van der Waals surface area contributed by atoms with E-state index in [0.717, 1.165) is 34.0 Å².